The lowest BCUT2D eigenvalue weighted by Gasteiger charge is -2.18. The molecule has 4 heteroatoms. The third-order valence-corrected chi connectivity index (χ3v) is 5.02. The van der Waals surface area contributed by atoms with E-state index in [1.807, 2.05) is 18.2 Å². The van der Waals surface area contributed by atoms with Crippen molar-refractivity contribution >= 4 is 16.6 Å². The van der Waals surface area contributed by atoms with E-state index in [1.54, 1.807) is 0 Å². The largest absolute Gasteiger partial charge is 0.490 e. The highest BCUT2D eigenvalue weighted by molar-refractivity contribution is 5.91. The lowest BCUT2D eigenvalue weighted by molar-refractivity contribution is 0.223. The second-order valence-electron chi connectivity index (χ2n) is 6.64. The molecule has 0 saturated heterocycles. The van der Waals surface area contributed by atoms with Crippen molar-refractivity contribution in [2.75, 3.05) is 32.0 Å². The smallest absolute Gasteiger partial charge is 0.147 e. The molecule has 1 heterocycles. The maximum Gasteiger partial charge on any atom is 0.147 e. The second-order valence-corrected chi connectivity index (χ2v) is 6.64. The zero-order valence-electron chi connectivity index (χ0n) is 16.0. The average Bonchev–Trinajstić information content (AvgIpc) is 2.91. The Morgan fingerprint density at radius 3 is 2.46 bits per heavy atom. The maximum atomic E-state index is 6.24. The Morgan fingerprint density at radius 2 is 1.77 bits per heavy atom. The standard InChI is InChI=1S/C22H29N3O/c1-4-24(5-2)13-14-26-22-17(3)25(16-18-9-7-6-8-10-18)21-12-11-19(23)15-20(21)22/h6-12,15H,4-5,13-14,16,23H2,1-3H3. The molecule has 3 aromatic rings. The van der Waals surface area contributed by atoms with Crippen molar-refractivity contribution in [3.8, 4) is 5.75 Å². The fraction of sp³-hybridized carbons (Fsp3) is 0.364. The minimum absolute atomic E-state index is 0.682. The number of hydrogen-bond acceptors (Lipinski definition) is 3. The van der Waals surface area contributed by atoms with Crippen LogP contribution in [0.5, 0.6) is 5.75 Å². The third kappa shape index (κ3) is 3.86. The summed E-state index contributed by atoms with van der Waals surface area (Å²) in [5.74, 6) is 0.954. The van der Waals surface area contributed by atoms with E-state index in [0.29, 0.717) is 6.61 Å². The second kappa shape index (κ2) is 8.28. The summed E-state index contributed by atoms with van der Waals surface area (Å²) in [5, 5.41) is 1.10. The Labute approximate surface area is 156 Å². The van der Waals surface area contributed by atoms with Gasteiger partial charge >= 0.3 is 0 Å². The summed E-state index contributed by atoms with van der Waals surface area (Å²) in [6.45, 7) is 11.0. The number of anilines is 1. The zero-order valence-corrected chi connectivity index (χ0v) is 16.0. The van der Waals surface area contributed by atoms with Crippen LogP contribution in [0.2, 0.25) is 0 Å². The molecule has 138 valence electrons. The van der Waals surface area contributed by atoms with Gasteiger partial charge in [0.2, 0.25) is 0 Å². The van der Waals surface area contributed by atoms with Crippen LogP contribution in [-0.4, -0.2) is 35.7 Å². The summed E-state index contributed by atoms with van der Waals surface area (Å²) < 4.78 is 8.56. The molecule has 3 rings (SSSR count). The van der Waals surface area contributed by atoms with Gasteiger partial charge in [0, 0.05) is 24.2 Å². The fourth-order valence-corrected chi connectivity index (χ4v) is 3.44. The molecule has 0 bridgehead atoms. The maximum absolute atomic E-state index is 6.24. The first-order valence-electron chi connectivity index (χ1n) is 9.41. The predicted molar refractivity (Wildman–Crippen MR) is 110 cm³/mol. The van der Waals surface area contributed by atoms with Crippen LogP contribution in [0.3, 0.4) is 0 Å². The first kappa shape index (κ1) is 18.3. The van der Waals surface area contributed by atoms with Gasteiger partial charge in [-0.05, 0) is 43.8 Å². The Morgan fingerprint density at radius 1 is 1.04 bits per heavy atom. The lowest BCUT2D eigenvalue weighted by Crippen LogP contribution is -2.28. The van der Waals surface area contributed by atoms with Gasteiger partial charge in [-0.3, -0.25) is 0 Å². The minimum atomic E-state index is 0.682. The van der Waals surface area contributed by atoms with E-state index < -0.39 is 0 Å². The number of hydrogen-bond donors (Lipinski definition) is 1. The van der Waals surface area contributed by atoms with Crippen LogP contribution in [0.25, 0.3) is 10.9 Å². The molecule has 0 amide bonds. The van der Waals surface area contributed by atoms with Gasteiger partial charge < -0.3 is 19.9 Å². The van der Waals surface area contributed by atoms with E-state index in [2.05, 4.69) is 60.6 Å². The van der Waals surface area contributed by atoms with E-state index in [0.717, 1.165) is 48.7 Å². The fourth-order valence-electron chi connectivity index (χ4n) is 3.44. The van der Waals surface area contributed by atoms with Crippen molar-refractivity contribution in [1.29, 1.82) is 0 Å². The summed E-state index contributed by atoms with van der Waals surface area (Å²) in [5.41, 5.74) is 10.4. The molecule has 0 unspecified atom stereocenters. The van der Waals surface area contributed by atoms with Gasteiger partial charge in [-0.15, -0.1) is 0 Å². The highest BCUT2D eigenvalue weighted by atomic mass is 16.5. The summed E-state index contributed by atoms with van der Waals surface area (Å²) in [7, 11) is 0. The molecule has 0 aliphatic carbocycles. The van der Waals surface area contributed by atoms with Crippen LogP contribution >= 0.6 is 0 Å². The summed E-state index contributed by atoms with van der Waals surface area (Å²) in [6, 6.07) is 16.6. The van der Waals surface area contributed by atoms with Crippen molar-refractivity contribution in [2.24, 2.45) is 0 Å². The third-order valence-electron chi connectivity index (χ3n) is 5.02. The van der Waals surface area contributed by atoms with Gasteiger partial charge in [0.25, 0.3) is 0 Å². The van der Waals surface area contributed by atoms with Gasteiger partial charge in [-0.1, -0.05) is 44.2 Å². The van der Waals surface area contributed by atoms with Gasteiger partial charge in [0.15, 0.2) is 0 Å². The molecule has 0 saturated carbocycles. The molecular weight excluding hydrogens is 322 g/mol. The molecular formula is C22H29N3O. The van der Waals surface area contributed by atoms with Crippen LogP contribution in [0.4, 0.5) is 5.69 Å². The van der Waals surface area contributed by atoms with Crippen molar-refractivity contribution < 1.29 is 4.74 Å². The summed E-state index contributed by atoms with van der Waals surface area (Å²) in [6.07, 6.45) is 0. The van der Waals surface area contributed by atoms with Crippen LogP contribution in [0, 0.1) is 6.92 Å². The molecule has 1 aromatic heterocycles. The summed E-state index contributed by atoms with van der Waals surface area (Å²) in [4.78, 5) is 2.37. The first-order chi connectivity index (χ1) is 12.6. The van der Waals surface area contributed by atoms with Crippen LogP contribution < -0.4 is 10.5 Å². The number of ether oxygens (including phenoxy) is 1. The number of aromatic nitrogens is 1. The Kier molecular flexibility index (Phi) is 5.84. The van der Waals surface area contributed by atoms with Crippen molar-refractivity contribution in [2.45, 2.75) is 27.3 Å². The highest BCUT2D eigenvalue weighted by Gasteiger charge is 2.16. The number of benzene rings is 2. The molecule has 4 nitrogen and oxygen atoms in total. The molecule has 2 aromatic carbocycles. The van der Waals surface area contributed by atoms with E-state index in [-0.39, 0.29) is 0 Å². The predicted octanol–water partition coefficient (Wildman–Crippen LogP) is 4.30. The number of nitrogens with two attached hydrogens (primary N) is 1. The van der Waals surface area contributed by atoms with Gasteiger partial charge in [0.05, 0.1) is 11.2 Å². The van der Waals surface area contributed by atoms with E-state index in [9.17, 15) is 0 Å². The number of fused-ring (bicyclic) bond motifs is 1. The Bertz CT molecular complexity index is 851. The number of nitrogen functional groups attached to an aromatic ring is 1. The molecule has 0 fully saturated rings. The number of likely N-dealkylation sites (N-methyl/N-ethyl adjacent to an activating group) is 1. The normalized spacial score (nSPS) is 11.4. The van der Waals surface area contributed by atoms with E-state index in [1.165, 1.54) is 11.1 Å². The Balaban J connectivity index is 1.92. The molecule has 0 aliphatic heterocycles. The lowest BCUT2D eigenvalue weighted by atomic mass is 10.2. The van der Waals surface area contributed by atoms with Crippen LogP contribution in [0.1, 0.15) is 25.1 Å². The van der Waals surface area contributed by atoms with Crippen molar-refractivity contribution in [3.63, 3.8) is 0 Å². The van der Waals surface area contributed by atoms with Crippen LogP contribution in [-0.2, 0) is 6.54 Å². The van der Waals surface area contributed by atoms with Gasteiger partial charge in [-0.25, -0.2) is 0 Å². The highest BCUT2D eigenvalue weighted by Crippen LogP contribution is 2.34. The molecule has 2 N–H and O–H groups in total. The average molecular weight is 351 g/mol. The quantitative estimate of drug-likeness (QED) is 0.615. The molecule has 0 spiro atoms. The Hall–Kier alpha value is -2.46. The molecule has 0 radical (unpaired) electrons. The number of rotatable bonds is 8. The SMILES string of the molecule is CCN(CC)CCOc1c(C)n(Cc2ccccc2)c2ccc(N)cc12. The molecule has 0 aliphatic rings. The van der Waals surface area contributed by atoms with Gasteiger partial charge in [0.1, 0.15) is 12.4 Å². The van der Waals surface area contributed by atoms with E-state index in [4.69, 9.17) is 10.5 Å². The topological polar surface area (TPSA) is 43.4 Å². The number of nitrogens with zero attached hydrogens (tertiary/aromatic N) is 2. The van der Waals surface area contributed by atoms with Gasteiger partial charge in [-0.2, -0.15) is 0 Å². The minimum Gasteiger partial charge on any atom is -0.490 e. The monoisotopic (exact) mass is 351 g/mol. The zero-order chi connectivity index (χ0) is 18.5. The van der Waals surface area contributed by atoms with Crippen molar-refractivity contribution in [1.82, 2.24) is 9.47 Å². The van der Waals surface area contributed by atoms with Crippen LogP contribution in [0.15, 0.2) is 48.5 Å². The van der Waals surface area contributed by atoms with E-state index >= 15 is 0 Å². The molecule has 0 atom stereocenters. The first-order valence-corrected chi connectivity index (χ1v) is 9.41. The molecule has 26 heavy (non-hydrogen) atoms. The summed E-state index contributed by atoms with van der Waals surface area (Å²) >= 11 is 0. The van der Waals surface area contributed by atoms with Crippen molar-refractivity contribution in [3.05, 3.63) is 59.8 Å².